The van der Waals surface area contributed by atoms with Crippen LogP contribution in [0.5, 0.6) is 0 Å². The fraction of sp³-hybridized carbons (Fsp3) is 0.667. The number of imide groups is 1. The van der Waals surface area contributed by atoms with Gasteiger partial charge in [0, 0.05) is 11.9 Å². The maximum Gasteiger partial charge on any atom is 0.236 e. The molecule has 0 radical (unpaired) electrons. The molecule has 3 aliphatic heterocycles. The molecular weight excluding hydrogens is 286 g/mol. The van der Waals surface area contributed by atoms with E-state index in [4.69, 9.17) is 4.74 Å². The highest BCUT2D eigenvalue weighted by molar-refractivity contribution is 9.09. The molecule has 0 aliphatic carbocycles. The summed E-state index contributed by atoms with van der Waals surface area (Å²) in [7, 11) is 0. The molecule has 3 aliphatic rings. The van der Waals surface area contributed by atoms with Gasteiger partial charge < -0.3 is 4.74 Å². The lowest BCUT2D eigenvalue weighted by Crippen LogP contribution is -2.35. The molecule has 17 heavy (non-hydrogen) atoms. The van der Waals surface area contributed by atoms with Crippen LogP contribution in [0.4, 0.5) is 0 Å². The summed E-state index contributed by atoms with van der Waals surface area (Å²) in [6.07, 6.45) is 5.35. The summed E-state index contributed by atoms with van der Waals surface area (Å²) < 4.78 is 5.57. The van der Waals surface area contributed by atoms with Gasteiger partial charge >= 0.3 is 0 Å². The second-order valence-electron chi connectivity index (χ2n) is 4.73. The number of unbranched alkanes of at least 4 members (excludes halogenated alkanes) is 1. The van der Waals surface area contributed by atoms with Crippen LogP contribution in [0.3, 0.4) is 0 Å². The quantitative estimate of drug-likeness (QED) is 0.338. The van der Waals surface area contributed by atoms with Crippen molar-refractivity contribution in [2.45, 2.75) is 25.0 Å². The van der Waals surface area contributed by atoms with Gasteiger partial charge in [-0.1, -0.05) is 28.1 Å². The van der Waals surface area contributed by atoms with Crippen LogP contribution in [-0.4, -0.2) is 40.8 Å². The zero-order valence-electron chi connectivity index (χ0n) is 9.34. The lowest BCUT2D eigenvalue weighted by atomic mass is 9.85. The number of carbonyl (C=O) groups excluding carboxylic acids is 2. The minimum absolute atomic E-state index is 0.0357. The third-order valence-electron chi connectivity index (χ3n) is 3.77. The van der Waals surface area contributed by atoms with Gasteiger partial charge in [0.05, 0.1) is 24.0 Å². The molecule has 0 N–H and O–H groups in total. The first-order valence-electron chi connectivity index (χ1n) is 5.99. The van der Waals surface area contributed by atoms with Crippen LogP contribution < -0.4 is 0 Å². The predicted molar refractivity (Wildman–Crippen MR) is 64.5 cm³/mol. The first kappa shape index (κ1) is 11.4. The minimum Gasteiger partial charge on any atom is -0.365 e. The number of halogens is 1. The average molecular weight is 300 g/mol. The Balaban J connectivity index is 1.74. The minimum atomic E-state index is -0.249. The first-order valence-corrected chi connectivity index (χ1v) is 7.11. The van der Waals surface area contributed by atoms with E-state index in [9.17, 15) is 9.59 Å². The third kappa shape index (κ3) is 1.59. The number of hydrogen-bond donors (Lipinski definition) is 0. The van der Waals surface area contributed by atoms with Crippen molar-refractivity contribution in [2.75, 3.05) is 11.9 Å². The fourth-order valence-corrected chi connectivity index (χ4v) is 3.35. The number of hydrogen-bond acceptors (Lipinski definition) is 3. The summed E-state index contributed by atoms with van der Waals surface area (Å²) in [6.45, 7) is 0.551. The van der Waals surface area contributed by atoms with Crippen LogP contribution in [-0.2, 0) is 14.3 Å². The van der Waals surface area contributed by atoms with Gasteiger partial charge in [-0.3, -0.25) is 14.5 Å². The van der Waals surface area contributed by atoms with Crippen molar-refractivity contribution in [2.24, 2.45) is 11.8 Å². The molecule has 0 aromatic heterocycles. The van der Waals surface area contributed by atoms with E-state index in [0.29, 0.717) is 6.54 Å². The lowest BCUT2D eigenvalue weighted by Gasteiger charge is -2.16. The Morgan fingerprint density at radius 2 is 1.71 bits per heavy atom. The van der Waals surface area contributed by atoms with Crippen LogP contribution in [0.15, 0.2) is 12.2 Å². The number of ether oxygens (including phenoxy) is 1. The Kier molecular flexibility index (Phi) is 2.83. The van der Waals surface area contributed by atoms with Crippen molar-refractivity contribution in [3.8, 4) is 0 Å². The van der Waals surface area contributed by atoms with Crippen LogP contribution in [0.1, 0.15) is 12.8 Å². The molecule has 4 nitrogen and oxygen atoms in total. The molecule has 2 bridgehead atoms. The van der Waals surface area contributed by atoms with Gasteiger partial charge in [-0.25, -0.2) is 0 Å². The summed E-state index contributed by atoms with van der Waals surface area (Å²) in [5.74, 6) is -0.569. The summed E-state index contributed by atoms with van der Waals surface area (Å²) >= 11 is 3.35. The maximum atomic E-state index is 12.2. The molecule has 0 aromatic rings. The van der Waals surface area contributed by atoms with Crippen LogP contribution >= 0.6 is 15.9 Å². The van der Waals surface area contributed by atoms with Gasteiger partial charge in [0.1, 0.15) is 0 Å². The van der Waals surface area contributed by atoms with E-state index in [0.717, 1.165) is 18.2 Å². The van der Waals surface area contributed by atoms with Gasteiger partial charge in [0.15, 0.2) is 0 Å². The lowest BCUT2D eigenvalue weighted by molar-refractivity contribution is -0.142. The van der Waals surface area contributed by atoms with Gasteiger partial charge in [0.2, 0.25) is 11.8 Å². The zero-order chi connectivity index (χ0) is 12.0. The zero-order valence-corrected chi connectivity index (χ0v) is 10.9. The Morgan fingerprint density at radius 1 is 1.12 bits per heavy atom. The molecule has 0 spiro atoms. The largest absolute Gasteiger partial charge is 0.365 e. The maximum absolute atomic E-state index is 12.2. The van der Waals surface area contributed by atoms with Gasteiger partial charge in [0.25, 0.3) is 0 Å². The highest BCUT2D eigenvalue weighted by Crippen LogP contribution is 2.44. The summed E-state index contributed by atoms with van der Waals surface area (Å²) in [6, 6.07) is 0. The topological polar surface area (TPSA) is 46.6 Å². The molecule has 4 atom stereocenters. The standard InChI is InChI=1S/C12H14BrNO3/c13-5-1-2-6-14-11(15)9-7-3-4-8(17-7)10(9)12(14)16/h3-4,7-10H,1-2,5-6H2. The normalized spacial score (nSPS) is 38.3. The van der Waals surface area contributed by atoms with Crippen molar-refractivity contribution < 1.29 is 14.3 Å². The van der Waals surface area contributed by atoms with Gasteiger partial charge in [-0.15, -0.1) is 0 Å². The molecule has 3 heterocycles. The predicted octanol–water partition coefficient (Wildman–Crippen LogP) is 1.10. The average Bonchev–Trinajstić information content (AvgIpc) is 2.97. The van der Waals surface area contributed by atoms with Crippen molar-refractivity contribution >= 4 is 27.7 Å². The molecule has 4 unspecified atom stereocenters. The van der Waals surface area contributed by atoms with Crippen molar-refractivity contribution in [3.63, 3.8) is 0 Å². The third-order valence-corrected chi connectivity index (χ3v) is 4.33. The molecular formula is C12H14BrNO3. The van der Waals surface area contributed by atoms with E-state index in [2.05, 4.69) is 15.9 Å². The van der Waals surface area contributed by atoms with Crippen molar-refractivity contribution in [3.05, 3.63) is 12.2 Å². The highest BCUT2D eigenvalue weighted by Gasteiger charge is 2.60. The Bertz CT molecular complexity index is 365. The van der Waals surface area contributed by atoms with E-state index in [1.807, 2.05) is 12.2 Å². The summed E-state index contributed by atoms with van der Waals surface area (Å²) in [4.78, 5) is 25.8. The van der Waals surface area contributed by atoms with Crippen LogP contribution in [0.2, 0.25) is 0 Å². The molecule has 92 valence electrons. The second-order valence-corrected chi connectivity index (χ2v) is 5.52. The molecule has 3 rings (SSSR count). The van der Waals surface area contributed by atoms with Gasteiger partial charge in [-0.05, 0) is 12.8 Å². The molecule has 0 saturated carbocycles. The number of likely N-dealkylation sites (tertiary alicyclic amines) is 1. The Hall–Kier alpha value is -0.680. The number of carbonyl (C=O) groups is 2. The van der Waals surface area contributed by atoms with Crippen LogP contribution in [0.25, 0.3) is 0 Å². The molecule has 5 heteroatoms. The van der Waals surface area contributed by atoms with E-state index >= 15 is 0 Å². The van der Waals surface area contributed by atoms with Gasteiger partial charge in [-0.2, -0.15) is 0 Å². The Labute approximate surface area is 108 Å². The van der Waals surface area contributed by atoms with Crippen LogP contribution in [0, 0.1) is 11.8 Å². The monoisotopic (exact) mass is 299 g/mol. The number of fused-ring (bicyclic) bond motifs is 5. The van der Waals surface area contributed by atoms with Crippen molar-refractivity contribution in [1.29, 1.82) is 0 Å². The summed E-state index contributed by atoms with van der Waals surface area (Å²) in [5, 5.41) is 0.909. The number of amides is 2. The molecule has 2 saturated heterocycles. The highest BCUT2D eigenvalue weighted by atomic mass is 79.9. The van der Waals surface area contributed by atoms with E-state index in [1.165, 1.54) is 4.90 Å². The smallest absolute Gasteiger partial charge is 0.236 e. The summed E-state index contributed by atoms with van der Waals surface area (Å²) in [5.41, 5.74) is 0. The number of alkyl halides is 1. The molecule has 2 amide bonds. The fourth-order valence-electron chi connectivity index (χ4n) is 2.95. The van der Waals surface area contributed by atoms with E-state index < -0.39 is 0 Å². The second kappa shape index (κ2) is 4.21. The SMILES string of the molecule is O=C1C2C3C=CC(O3)C2C(=O)N1CCCCBr. The van der Waals surface area contributed by atoms with E-state index in [1.54, 1.807) is 0 Å². The van der Waals surface area contributed by atoms with E-state index in [-0.39, 0.29) is 35.9 Å². The van der Waals surface area contributed by atoms with Crippen molar-refractivity contribution in [1.82, 2.24) is 4.90 Å². The first-order chi connectivity index (χ1) is 8.24. The number of nitrogens with zero attached hydrogens (tertiary/aromatic N) is 1. The Morgan fingerprint density at radius 3 is 2.24 bits per heavy atom. The molecule has 0 aromatic carbocycles. The molecule has 2 fully saturated rings. The number of rotatable bonds is 4.